The van der Waals surface area contributed by atoms with Gasteiger partial charge in [0.15, 0.2) is 0 Å². The van der Waals surface area contributed by atoms with Gasteiger partial charge in [0.2, 0.25) is 5.78 Å². The number of aliphatic hydroxyl groups excluding tert-OH is 1. The summed E-state index contributed by atoms with van der Waals surface area (Å²) in [6.07, 6.45) is 0. The molecule has 112 valence electrons. The van der Waals surface area contributed by atoms with Crippen LogP contribution in [0.5, 0.6) is 0 Å². The molecular formula is C14H12Cl3NO2S. The van der Waals surface area contributed by atoms with Crippen molar-refractivity contribution in [1.82, 2.24) is 4.98 Å². The second kappa shape index (κ2) is 7.07. The van der Waals surface area contributed by atoms with E-state index in [9.17, 15) is 9.90 Å². The summed E-state index contributed by atoms with van der Waals surface area (Å²) in [5, 5.41) is 9.27. The lowest BCUT2D eigenvalue weighted by Crippen LogP contribution is -2.19. The summed E-state index contributed by atoms with van der Waals surface area (Å²) in [7, 11) is 0. The van der Waals surface area contributed by atoms with E-state index >= 15 is 0 Å². The molecule has 0 aliphatic heterocycles. The van der Waals surface area contributed by atoms with Crippen LogP contribution in [0, 0.1) is 0 Å². The summed E-state index contributed by atoms with van der Waals surface area (Å²) >= 11 is 18.3. The highest BCUT2D eigenvalue weighted by Gasteiger charge is 2.32. The number of ketones is 1. The summed E-state index contributed by atoms with van der Waals surface area (Å²) in [4.78, 5) is 15.7. The van der Waals surface area contributed by atoms with Crippen molar-refractivity contribution < 1.29 is 9.90 Å². The van der Waals surface area contributed by atoms with Gasteiger partial charge in [-0.05, 0) is 23.8 Å². The lowest BCUT2D eigenvalue weighted by molar-refractivity contribution is 0.0992. The second-order valence-electron chi connectivity index (χ2n) is 4.28. The third-order valence-electron chi connectivity index (χ3n) is 2.77. The molecule has 0 bridgehead atoms. The van der Waals surface area contributed by atoms with Gasteiger partial charge in [-0.2, -0.15) is 0 Å². The number of aromatic amines is 1. The van der Waals surface area contributed by atoms with E-state index in [1.54, 1.807) is 23.9 Å². The highest BCUT2D eigenvalue weighted by Crippen LogP contribution is 2.31. The lowest BCUT2D eigenvalue weighted by Gasteiger charge is -2.07. The van der Waals surface area contributed by atoms with Crippen molar-refractivity contribution in [3.8, 4) is 0 Å². The Balaban J connectivity index is 2.05. The van der Waals surface area contributed by atoms with Gasteiger partial charge < -0.3 is 10.1 Å². The van der Waals surface area contributed by atoms with Crippen LogP contribution >= 0.6 is 46.6 Å². The Labute approximate surface area is 141 Å². The number of rotatable bonds is 5. The first-order valence-electron chi connectivity index (χ1n) is 6.03. The van der Waals surface area contributed by atoms with Crippen molar-refractivity contribution in [2.24, 2.45) is 0 Å². The van der Waals surface area contributed by atoms with E-state index in [1.165, 1.54) is 0 Å². The number of H-pyrrole nitrogens is 1. The molecule has 0 fully saturated rings. The molecule has 0 radical (unpaired) electrons. The van der Waals surface area contributed by atoms with Gasteiger partial charge in [-0.3, -0.25) is 4.79 Å². The number of aliphatic hydroxyl groups is 1. The fourth-order valence-electron chi connectivity index (χ4n) is 1.74. The van der Waals surface area contributed by atoms with Crippen molar-refractivity contribution >= 4 is 52.3 Å². The molecule has 0 amide bonds. The number of Topliss-reactive ketones (excluding diaryl/α,β-unsaturated/α-hetero) is 1. The number of nitrogens with one attached hydrogen (secondary N) is 1. The average molecular weight is 365 g/mol. The number of halogens is 3. The predicted octanol–water partition coefficient (Wildman–Crippen LogP) is 4.35. The summed E-state index contributed by atoms with van der Waals surface area (Å²) in [5.74, 6) is 0.0314. The SMILES string of the molecule is O=C(c1ccc(CSc2ccccc2CO)[nH]1)C(Cl)(Cl)Cl. The van der Waals surface area contributed by atoms with E-state index in [2.05, 4.69) is 4.98 Å². The Morgan fingerprint density at radius 1 is 1.19 bits per heavy atom. The molecule has 2 N–H and O–H groups in total. The Kier molecular flexibility index (Phi) is 5.63. The van der Waals surface area contributed by atoms with E-state index in [-0.39, 0.29) is 12.3 Å². The topological polar surface area (TPSA) is 53.1 Å². The van der Waals surface area contributed by atoms with Gasteiger partial charge in [0.05, 0.1) is 12.3 Å². The van der Waals surface area contributed by atoms with E-state index in [0.717, 1.165) is 16.2 Å². The minimum atomic E-state index is -1.96. The van der Waals surface area contributed by atoms with Crippen LogP contribution in [0.15, 0.2) is 41.3 Å². The van der Waals surface area contributed by atoms with Crippen LogP contribution in [0.3, 0.4) is 0 Å². The van der Waals surface area contributed by atoms with Crippen molar-refractivity contribution in [1.29, 1.82) is 0 Å². The maximum Gasteiger partial charge on any atom is 0.254 e. The van der Waals surface area contributed by atoms with E-state index < -0.39 is 9.58 Å². The quantitative estimate of drug-likeness (QED) is 0.471. The number of benzene rings is 1. The molecule has 1 aromatic heterocycles. The molecule has 0 atom stereocenters. The number of alkyl halides is 3. The molecule has 2 rings (SSSR count). The van der Waals surface area contributed by atoms with Gasteiger partial charge in [-0.1, -0.05) is 53.0 Å². The maximum absolute atomic E-state index is 11.8. The molecule has 0 spiro atoms. The molecule has 1 heterocycles. The van der Waals surface area contributed by atoms with E-state index in [1.807, 2.05) is 24.3 Å². The predicted molar refractivity (Wildman–Crippen MR) is 87.3 cm³/mol. The molecule has 0 aliphatic rings. The second-order valence-corrected chi connectivity index (χ2v) is 7.58. The summed E-state index contributed by atoms with van der Waals surface area (Å²) in [5.41, 5.74) is 1.97. The monoisotopic (exact) mass is 363 g/mol. The van der Waals surface area contributed by atoms with E-state index in [0.29, 0.717) is 5.75 Å². The minimum Gasteiger partial charge on any atom is -0.392 e. The Bertz CT molecular complexity index is 637. The van der Waals surface area contributed by atoms with Gasteiger partial charge in [-0.25, -0.2) is 0 Å². The van der Waals surface area contributed by atoms with Crippen molar-refractivity contribution in [3.63, 3.8) is 0 Å². The Morgan fingerprint density at radius 2 is 1.90 bits per heavy atom. The molecule has 0 saturated carbocycles. The third-order valence-corrected chi connectivity index (χ3v) is 4.45. The molecule has 3 nitrogen and oxygen atoms in total. The van der Waals surface area contributed by atoms with Crippen molar-refractivity contribution in [2.45, 2.75) is 21.0 Å². The molecular weight excluding hydrogens is 353 g/mol. The maximum atomic E-state index is 11.8. The van der Waals surface area contributed by atoms with Crippen LogP contribution in [0.4, 0.5) is 0 Å². The van der Waals surface area contributed by atoms with Gasteiger partial charge in [-0.15, -0.1) is 11.8 Å². The summed E-state index contributed by atoms with van der Waals surface area (Å²) in [6.45, 7) is -0.00903. The molecule has 0 unspecified atom stereocenters. The first-order chi connectivity index (χ1) is 9.91. The molecule has 7 heteroatoms. The normalized spacial score (nSPS) is 11.6. The zero-order chi connectivity index (χ0) is 15.5. The van der Waals surface area contributed by atoms with Crippen molar-refractivity contribution in [2.75, 3.05) is 0 Å². The smallest absolute Gasteiger partial charge is 0.254 e. The fourth-order valence-corrected chi connectivity index (χ4v) is 3.02. The van der Waals surface area contributed by atoms with Crippen LogP contribution in [0.25, 0.3) is 0 Å². The van der Waals surface area contributed by atoms with E-state index in [4.69, 9.17) is 34.8 Å². The number of carbonyl (C=O) groups excluding carboxylic acids is 1. The van der Waals surface area contributed by atoms with Crippen molar-refractivity contribution in [3.05, 3.63) is 53.3 Å². The average Bonchev–Trinajstić information content (AvgIpc) is 2.92. The Hall–Kier alpha value is -0.650. The molecule has 0 aliphatic carbocycles. The number of thioether (sulfide) groups is 1. The summed E-state index contributed by atoms with van der Waals surface area (Å²) < 4.78 is -1.96. The van der Waals surface area contributed by atoms with Crippen LogP contribution in [0.1, 0.15) is 21.7 Å². The first kappa shape index (κ1) is 16.7. The number of carbonyl (C=O) groups is 1. The molecule has 0 saturated heterocycles. The summed E-state index contributed by atoms with van der Waals surface area (Å²) in [6, 6.07) is 11.0. The largest absolute Gasteiger partial charge is 0.392 e. The van der Waals surface area contributed by atoms with Crippen LogP contribution < -0.4 is 0 Å². The third kappa shape index (κ3) is 4.41. The van der Waals surface area contributed by atoms with Crippen LogP contribution in [0.2, 0.25) is 0 Å². The lowest BCUT2D eigenvalue weighted by atomic mass is 10.2. The van der Waals surface area contributed by atoms with Crippen LogP contribution in [-0.2, 0) is 12.4 Å². The van der Waals surface area contributed by atoms with Crippen LogP contribution in [-0.4, -0.2) is 19.7 Å². The first-order valence-corrected chi connectivity index (χ1v) is 8.14. The zero-order valence-electron chi connectivity index (χ0n) is 10.8. The highest BCUT2D eigenvalue weighted by atomic mass is 35.6. The van der Waals surface area contributed by atoms with Gasteiger partial charge in [0, 0.05) is 16.3 Å². The molecule has 21 heavy (non-hydrogen) atoms. The van der Waals surface area contributed by atoms with Gasteiger partial charge >= 0.3 is 0 Å². The number of hydrogen-bond acceptors (Lipinski definition) is 3. The molecule has 2 aromatic rings. The van der Waals surface area contributed by atoms with Gasteiger partial charge in [0.25, 0.3) is 3.79 Å². The minimum absolute atomic E-state index is 0.00903. The zero-order valence-corrected chi connectivity index (χ0v) is 13.9. The number of aromatic nitrogens is 1. The van der Waals surface area contributed by atoms with Gasteiger partial charge in [0.1, 0.15) is 0 Å². The number of hydrogen-bond donors (Lipinski definition) is 2. The standard InChI is InChI=1S/C14H12Cl3NO2S/c15-14(16,17)13(20)11-6-5-10(18-11)8-21-12-4-2-1-3-9(12)7-19/h1-6,18-19H,7-8H2. The highest BCUT2D eigenvalue weighted by molar-refractivity contribution is 7.98. The Morgan fingerprint density at radius 3 is 2.57 bits per heavy atom. The fraction of sp³-hybridized carbons (Fsp3) is 0.214. The molecule has 1 aromatic carbocycles.